The number of carbonyl (C=O) groups is 4. The van der Waals surface area contributed by atoms with E-state index >= 15 is 0 Å². The minimum absolute atomic E-state index is 0.230. The van der Waals surface area contributed by atoms with Gasteiger partial charge in [0.05, 0.1) is 13.2 Å². The molecule has 0 N–H and O–H groups in total. The SMILES string of the molecule is CCOc1ccc(Cc2cc([C@@]34CO[C@](COC(C)=O)(O3)[C@H](OC(C)=O)[C@H](OC(C)=O)[C@H]4OC(C)=O)ccc2Cl)cc1. The zero-order valence-electron chi connectivity index (χ0n) is 24.0. The third kappa shape index (κ3) is 6.53. The normalized spacial score (nSPS) is 26.2. The predicted octanol–water partition coefficient (Wildman–Crippen LogP) is 3.64. The van der Waals surface area contributed by atoms with Crippen LogP contribution in [-0.4, -0.2) is 67.8 Å². The highest BCUT2D eigenvalue weighted by Gasteiger charge is 2.72. The lowest BCUT2D eigenvalue weighted by molar-refractivity contribution is -0.334. The summed E-state index contributed by atoms with van der Waals surface area (Å²) in [6, 6.07) is 12.7. The first kappa shape index (κ1) is 31.3. The van der Waals surface area contributed by atoms with Gasteiger partial charge in [0, 0.05) is 32.7 Å². The zero-order valence-corrected chi connectivity index (χ0v) is 24.7. The summed E-state index contributed by atoms with van der Waals surface area (Å²) in [4.78, 5) is 48.7. The van der Waals surface area contributed by atoms with Gasteiger partial charge in [-0.3, -0.25) is 19.2 Å². The summed E-state index contributed by atoms with van der Waals surface area (Å²) in [5, 5.41) is 0.475. The minimum atomic E-state index is -1.89. The standard InChI is InChI=1S/C30H33ClO11/c1-6-36-24-10-7-21(8-11-24)13-22-14-23(9-12-25(22)31)29-15-38-30(42-29,16-37-17(2)32)28(41-20(5)35)26(39-18(3)33)27(29)40-19(4)34/h7-12,14,26-28H,6,13,15-16H2,1-5H3/t26-,27-,28-,29-,30-/m1/s1. The molecular formula is C30H33ClO11. The van der Waals surface area contributed by atoms with Gasteiger partial charge in [-0.1, -0.05) is 35.9 Å². The quantitative estimate of drug-likeness (QED) is 0.291. The van der Waals surface area contributed by atoms with Gasteiger partial charge in [-0.05, 0) is 48.2 Å². The second-order valence-electron chi connectivity index (χ2n) is 10.1. The molecule has 2 bridgehead atoms. The van der Waals surface area contributed by atoms with Crippen molar-refractivity contribution in [3.8, 4) is 5.75 Å². The first-order chi connectivity index (χ1) is 19.9. The van der Waals surface area contributed by atoms with Crippen molar-refractivity contribution in [2.45, 2.75) is 70.7 Å². The molecule has 2 heterocycles. The van der Waals surface area contributed by atoms with Crippen molar-refractivity contribution >= 4 is 35.5 Å². The smallest absolute Gasteiger partial charge is 0.303 e. The lowest BCUT2D eigenvalue weighted by Gasteiger charge is -2.49. The van der Waals surface area contributed by atoms with Crippen molar-refractivity contribution in [1.29, 1.82) is 0 Å². The first-order valence-electron chi connectivity index (χ1n) is 13.4. The number of ether oxygens (including phenoxy) is 7. The van der Waals surface area contributed by atoms with Crippen LogP contribution < -0.4 is 4.74 Å². The van der Waals surface area contributed by atoms with Crippen molar-refractivity contribution in [2.75, 3.05) is 19.8 Å². The van der Waals surface area contributed by atoms with E-state index in [9.17, 15) is 19.2 Å². The third-order valence-corrected chi connectivity index (χ3v) is 7.27. The summed E-state index contributed by atoms with van der Waals surface area (Å²) < 4.78 is 40.3. The average Bonchev–Trinajstić information content (AvgIpc) is 3.28. The van der Waals surface area contributed by atoms with Crippen LogP contribution in [0.2, 0.25) is 5.02 Å². The molecule has 11 nitrogen and oxygen atoms in total. The number of halogens is 1. The van der Waals surface area contributed by atoms with Gasteiger partial charge < -0.3 is 33.2 Å². The Balaban J connectivity index is 1.82. The first-order valence-corrected chi connectivity index (χ1v) is 13.8. The Morgan fingerprint density at radius 1 is 0.881 bits per heavy atom. The summed E-state index contributed by atoms with van der Waals surface area (Å²) in [7, 11) is 0. The maximum absolute atomic E-state index is 12.4. The molecule has 226 valence electrons. The number of benzene rings is 2. The molecule has 2 aromatic carbocycles. The number of hydrogen-bond donors (Lipinski definition) is 0. The monoisotopic (exact) mass is 604 g/mol. The van der Waals surface area contributed by atoms with Crippen LogP contribution in [0.4, 0.5) is 0 Å². The van der Waals surface area contributed by atoms with Crippen LogP contribution in [0.5, 0.6) is 5.75 Å². The number of fused-ring (bicyclic) bond motifs is 2. The van der Waals surface area contributed by atoms with E-state index in [0.29, 0.717) is 23.6 Å². The van der Waals surface area contributed by atoms with Crippen molar-refractivity contribution in [1.82, 2.24) is 0 Å². The molecule has 0 aromatic heterocycles. The van der Waals surface area contributed by atoms with Gasteiger partial charge in [0.15, 0.2) is 23.9 Å². The van der Waals surface area contributed by atoms with E-state index in [1.165, 1.54) is 13.8 Å². The fraction of sp³-hybridized carbons (Fsp3) is 0.467. The van der Waals surface area contributed by atoms with Gasteiger partial charge >= 0.3 is 23.9 Å². The summed E-state index contributed by atoms with van der Waals surface area (Å²) >= 11 is 6.61. The van der Waals surface area contributed by atoms with E-state index in [0.717, 1.165) is 30.7 Å². The predicted molar refractivity (Wildman–Crippen MR) is 147 cm³/mol. The summed E-state index contributed by atoms with van der Waals surface area (Å²) in [5.41, 5.74) is 0.597. The van der Waals surface area contributed by atoms with Gasteiger partial charge in [0.25, 0.3) is 0 Å². The van der Waals surface area contributed by atoms with Gasteiger partial charge in [0.1, 0.15) is 12.4 Å². The highest BCUT2D eigenvalue weighted by Crippen LogP contribution is 2.53. The maximum Gasteiger partial charge on any atom is 0.303 e. The molecule has 12 heteroatoms. The molecule has 2 fully saturated rings. The fourth-order valence-electron chi connectivity index (χ4n) is 5.27. The molecule has 2 saturated heterocycles. The minimum Gasteiger partial charge on any atom is -0.494 e. The molecule has 2 aliphatic rings. The van der Waals surface area contributed by atoms with Crippen molar-refractivity contribution in [3.05, 3.63) is 64.2 Å². The number of hydrogen-bond acceptors (Lipinski definition) is 11. The van der Waals surface area contributed by atoms with Gasteiger partial charge in [-0.25, -0.2) is 0 Å². The van der Waals surface area contributed by atoms with E-state index in [1.54, 1.807) is 18.2 Å². The Bertz CT molecular complexity index is 1340. The van der Waals surface area contributed by atoms with Crippen LogP contribution in [0, 0.1) is 0 Å². The lowest BCUT2D eigenvalue weighted by Crippen LogP contribution is -2.68. The van der Waals surface area contributed by atoms with Crippen molar-refractivity contribution in [2.24, 2.45) is 0 Å². The van der Waals surface area contributed by atoms with Crippen LogP contribution in [0.25, 0.3) is 0 Å². The Morgan fingerprint density at radius 3 is 2.12 bits per heavy atom. The van der Waals surface area contributed by atoms with Crippen molar-refractivity contribution < 1.29 is 52.3 Å². The molecule has 5 atom stereocenters. The molecule has 0 aliphatic carbocycles. The molecular weight excluding hydrogens is 572 g/mol. The Hall–Kier alpha value is -3.67. The highest BCUT2D eigenvalue weighted by molar-refractivity contribution is 6.31. The Morgan fingerprint density at radius 2 is 1.52 bits per heavy atom. The van der Waals surface area contributed by atoms with Gasteiger partial charge in [0.2, 0.25) is 5.79 Å². The van der Waals surface area contributed by atoms with Crippen LogP contribution in [0.1, 0.15) is 51.3 Å². The third-order valence-electron chi connectivity index (χ3n) is 6.90. The highest BCUT2D eigenvalue weighted by atomic mass is 35.5. The number of rotatable bonds is 10. The zero-order chi connectivity index (χ0) is 30.7. The van der Waals surface area contributed by atoms with E-state index in [4.69, 9.17) is 44.8 Å². The topological polar surface area (TPSA) is 133 Å². The van der Waals surface area contributed by atoms with E-state index in [2.05, 4.69) is 0 Å². The van der Waals surface area contributed by atoms with E-state index < -0.39 is 60.2 Å². The largest absolute Gasteiger partial charge is 0.494 e. The fourth-order valence-corrected chi connectivity index (χ4v) is 5.45. The molecule has 42 heavy (non-hydrogen) atoms. The van der Waals surface area contributed by atoms with Crippen LogP contribution >= 0.6 is 11.6 Å². The van der Waals surface area contributed by atoms with Gasteiger partial charge in [-0.15, -0.1) is 0 Å². The molecule has 0 saturated carbocycles. The summed E-state index contributed by atoms with van der Waals surface area (Å²) in [6.45, 7) is 6.42. The number of esters is 4. The molecule has 0 amide bonds. The summed E-state index contributed by atoms with van der Waals surface area (Å²) in [5.74, 6) is -3.98. The Labute approximate surface area is 248 Å². The van der Waals surface area contributed by atoms with Crippen LogP contribution in [0.15, 0.2) is 42.5 Å². The van der Waals surface area contributed by atoms with Crippen molar-refractivity contribution in [3.63, 3.8) is 0 Å². The average molecular weight is 605 g/mol. The molecule has 4 rings (SSSR count). The van der Waals surface area contributed by atoms with Crippen LogP contribution in [-0.2, 0) is 59.6 Å². The van der Waals surface area contributed by atoms with Gasteiger partial charge in [-0.2, -0.15) is 0 Å². The Kier molecular flexibility index (Phi) is 9.44. The second kappa shape index (κ2) is 12.7. The lowest BCUT2D eigenvalue weighted by atomic mass is 9.80. The van der Waals surface area contributed by atoms with E-state index in [1.807, 2.05) is 31.2 Å². The van der Waals surface area contributed by atoms with E-state index in [-0.39, 0.29) is 6.61 Å². The maximum atomic E-state index is 12.4. The molecule has 0 spiro atoms. The molecule has 2 aliphatic heterocycles. The molecule has 2 aromatic rings. The summed E-state index contributed by atoms with van der Waals surface area (Å²) in [6.07, 6.45) is -3.71. The molecule has 0 radical (unpaired) electrons. The second-order valence-corrected chi connectivity index (χ2v) is 10.5. The molecule has 0 unspecified atom stereocenters. The van der Waals surface area contributed by atoms with Crippen LogP contribution in [0.3, 0.4) is 0 Å². The number of carbonyl (C=O) groups excluding carboxylic acids is 4.